The summed E-state index contributed by atoms with van der Waals surface area (Å²) in [6.45, 7) is 4.01. The van der Waals surface area contributed by atoms with Crippen LogP contribution in [-0.2, 0) is 4.74 Å². The van der Waals surface area contributed by atoms with Crippen molar-refractivity contribution in [2.75, 3.05) is 6.61 Å². The fourth-order valence-electron chi connectivity index (χ4n) is 0.241. The first kappa shape index (κ1) is 11.2. The molecule has 0 aliphatic heterocycles. The third-order valence-corrected chi connectivity index (χ3v) is 0.408. The van der Waals surface area contributed by atoms with Crippen molar-refractivity contribution >= 4 is 45.5 Å². The van der Waals surface area contributed by atoms with Gasteiger partial charge >= 0.3 is 45.5 Å². The van der Waals surface area contributed by atoms with Gasteiger partial charge in [-0.2, -0.15) is 0 Å². The predicted octanol–water partition coefficient (Wildman–Crippen LogP) is -0.555. The number of hydrogen-bond acceptors (Lipinski definition) is 2. The summed E-state index contributed by atoms with van der Waals surface area (Å²) in [4.78, 5) is 0. The standard InChI is InChI=1S/C4H10O2.Sr.2H/c1-3-6-4(2)5;;;/h4-5H,3H2,1-2H3;;;. The summed E-state index contributed by atoms with van der Waals surface area (Å²) < 4.78 is 4.60. The van der Waals surface area contributed by atoms with Crippen molar-refractivity contribution in [3.8, 4) is 0 Å². The van der Waals surface area contributed by atoms with Gasteiger partial charge in [-0.25, -0.2) is 0 Å². The molecule has 1 atom stereocenters. The van der Waals surface area contributed by atoms with E-state index in [0.717, 1.165) is 0 Å². The summed E-state index contributed by atoms with van der Waals surface area (Å²) in [6.07, 6.45) is -0.602. The van der Waals surface area contributed by atoms with Gasteiger partial charge in [0.05, 0.1) is 0 Å². The molecule has 1 unspecified atom stereocenters. The van der Waals surface area contributed by atoms with Crippen LogP contribution in [-0.4, -0.2) is 63.5 Å². The van der Waals surface area contributed by atoms with Gasteiger partial charge in [-0.05, 0) is 13.8 Å². The van der Waals surface area contributed by atoms with E-state index in [0.29, 0.717) is 6.61 Å². The molecule has 0 heterocycles. The first-order valence-electron chi connectivity index (χ1n) is 2.07. The zero-order valence-corrected chi connectivity index (χ0v) is 4.14. The molecule has 3 heteroatoms. The Morgan fingerprint density at radius 2 is 2.14 bits per heavy atom. The van der Waals surface area contributed by atoms with Gasteiger partial charge in [-0.15, -0.1) is 0 Å². The molecular weight excluding hydrogens is 168 g/mol. The van der Waals surface area contributed by atoms with Crippen LogP contribution >= 0.6 is 0 Å². The number of ether oxygens (including phenoxy) is 1. The Morgan fingerprint density at radius 1 is 1.71 bits per heavy atom. The first-order valence-corrected chi connectivity index (χ1v) is 2.07. The number of rotatable bonds is 2. The molecule has 0 aliphatic carbocycles. The van der Waals surface area contributed by atoms with E-state index >= 15 is 0 Å². The fraction of sp³-hybridized carbons (Fsp3) is 1.00. The zero-order valence-electron chi connectivity index (χ0n) is 4.14. The fourth-order valence-corrected chi connectivity index (χ4v) is 0.241. The van der Waals surface area contributed by atoms with E-state index in [1.165, 1.54) is 0 Å². The molecule has 42 valence electrons. The second-order valence-corrected chi connectivity index (χ2v) is 1.05. The van der Waals surface area contributed by atoms with E-state index < -0.39 is 6.29 Å². The average Bonchev–Trinajstić information content (AvgIpc) is 1.35. The van der Waals surface area contributed by atoms with Gasteiger partial charge in [0.2, 0.25) is 0 Å². The van der Waals surface area contributed by atoms with Gasteiger partial charge in [0.1, 0.15) is 0 Å². The van der Waals surface area contributed by atoms with Crippen molar-refractivity contribution < 1.29 is 9.84 Å². The maximum atomic E-state index is 8.33. The van der Waals surface area contributed by atoms with Crippen LogP contribution in [0, 0.1) is 0 Å². The Hall–Kier alpha value is 1.40. The van der Waals surface area contributed by atoms with Crippen molar-refractivity contribution in [2.24, 2.45) is 0 Å². The maximum absolute atomic E-state index is 8.33. The zero-order chi connectivity index (χ0) is 4.99. The molecule has 2 nitrogen and oxygen atoms in total. The van der Waals surface area contributed by atoms with Gasteiger partial charge < -0.3 is 9.84 Å². The van der Waals surface area contributed by atoms with Gasteiger partial charge in [0, 0.05) is 6.61 Å². The minimum absolute atomic E-state index is 0. The molecule has 0 aromatic rings. The number of hydrogen-bond donors (Lipinski definition) is 1. The van der Waals surface area contributed by atoms with Crippen LogP contribution in [0.2, 0.25) is 0 Å². The van der Waals surface area contributed by atoms with E-state index in [2.05, 4.69) is 4.74 Å². The summed E-state index contributed by atoms with van der Waals surface area (Å²) in [7, 11) is 0. The van der Waals surface area contributed by atoms with Crippen molar-refractivity contribution in [1.29, 1.82) is 0 Å². The molecule has 0 spiro atoms. The van der Waals surface area contributed by atoms with Gasteiger partial charge in [0.25, 0.3) is 0 Å². The Labute approximate surface area is 81.1 Å². The molecule has 7 heavy (non-hydrogen) atoms. The number of aliphatic hydroxyl groups is 1. The summed E-state index contributed by atoms with van der Waals surface area (Å²) in [5.41, 5.74) is 0. The third-order valence-electron chi connectivity index (χ3n) is 0.408. The molecule has 0 rings (SSSR count). The summed E-state index contributed by atoms with van der Waals surface area (Å²) in [5.74, 6) is 0. The summed E-state index contributed by atoms with van der Waals surface area (Å²) in [6, 6.07) is 0. The molecule has 1 N–H and O–H groups in total. The van der Waals surface area contributed by atoms with Crippen LogP contribution in [0.15, 0.2) is 0 Å². The van der Waals surface area contributed by atoms with Crippen LogP contribution in [0.1, 0.15) is 13.8 Å². The molecule has 0 saturated carbocycles. The van der Waals surface area contributed by atoms with Crippen LogP contribution in [0.4, 0.5) is 0 Å². The third kappa shape index (κ3) is 11.1. The molecule has 0 aromatic heterocycles. The van der Waals surface area contributed by atoms with Gasteiger partial charge in [-0.3, -0.25) is 0 Å². The van der Waals surface area contributed by atoms with Crippen LogP contribution < -0.4 is 0 Å². The minimum atomic E-state index is -0.602. The van der Waals surface area contributed by atoms with E-state index in [1.54, 1.807) is 6.92 Å². The van der Waals surface area contributed by atoms with Crippen LogP contribution in [0.25, 0.3) is 0 Å². The summed E-state index contributed by atoms with van der Waals surface area (Å²) >= 11 is 0. The topological polar surface area (TPSA) is 29.5 Å². The predicted molar refractivity (Wildman–Crippen MR) is 31.9 cm³/mol. The second-order valence-electron chi connectivity index (χ2n) is 1.05. The summed E-state index contributed by atoms with van der Waals surface area (Å²) in [5, 5.41) is 8.33. The molecule has 0 aliphatic rings. The Balaban J connectivity index is 0. The SMILES string of the molecule is CCOC(C)O.[SrH2]. The van der Waals surface area contributed by atoms with Gasteiger partial charge in [-0.1, -0.05) is 0 Å². The van der Waals surface area contributed by atoms with Crippen molar-refractivity contribution in [3.05, 3.63) is 0 Å². The second kappa shape index (κ2) is 7.40. The Morgan fingerprint density at radius 3 is 2.14 bits per heavy atom. The number of aliphatic hydroxyl groups excluding tert-OH is 1. The van der Waals surface area contributed by atoms with Gasteiger partial charge in [0.15, 0.2) is 6.29 Å². The average molecular weight is 180 g/mol. The van der Waals surface area contributed by atoms with Crippen molar-refractivity contribution in [2.45, 2.75) is 20.1 Å². The molecule has 0 fully saturated rings. The molecule has 0 saturated heterocycles. The van der Waals surface area contributed by atoms with E-state index in [9.17, 15) is 0 Å². The molecule has 0 amide bonds. The van der Waals surface area contributed by atoms with Crippen molar-refractivity contribution in [1.82, 2.24) is 0 Å². The van der Waals surface area contributed by atoms with Crippen molar-refractivity contribution in [3.63, 3.8) is 0 Å². The van der Waals surface area contributed by atoms with E-state index in [1.807, 2.05) is 6.92 Å². The normalized spacial score (nSPS) is 12.4. The monoisotopic (exact) mass is 180 g/mol. The Bertz CT molecular complexity index is 30.9. The van der Waals surface area contributed by atoms with E-state index in [-0.39, 0.29) is 45.5 Å². The molecule has 0 radical (unpaired) electrons. The quantitative estimate of drug-likeness (QED) is 0.455. The van der Waals surface area contributed by atoms with E-state index in [4.69, 9.17) is 5.11 Å². The molecule has 0 aromatic carbocycles. The van der Waals surface area contributed by atoms with Crippen LogP contribution in [0.5, 0.6) is 0 Å². The molecular formula is C4H12O2Sr. The first-order chi connectivity index (χ1) is 2.77. The van der Waals surface area contributed by atoms with Crippen LogP contribution in [0.3, 0.4) is 0 Å². The Kier molecular flexibility index (Phi) is 11.9. The molecule has 0 bridgehead atoms.